The van der Waals surface area contributed by atoms with Crippen LogP contribution in [0.3, 0.4) is 0 Å². The Hall–Kier alpha value is -1.32. The summed E-state index contributed by atoms with van der Waals surface area (Å²) in [5.41, 5.74) is 0.867. The highest BCUT2D eigenvalue weighted by Gasteiger charge is 2.43. The van der Waals surface area contributed by atoms with E-state index < -0.39 is 5.60 Å². The number of ether oxygens (including phenoxy) is 1. The molecule has 17 heavy (non-hydrogen) atoms. The van der Waals surface area contributed by atoms with E-state index in [1.807, 2.05) is 18.2 Å². The van der Waals surface area contributed by atoms with Gasteiger partial charge in [0.25, 0.3) is 0 Å². The zero-order valence-electron chi connectivity index (χ0n) is 9.40. The molecule has 1 N–H and O–H groups in total. The summed E-state index contributed by atoms with van der Waals surface area (Å²) in [6.07, 6.45) is 1.56. The van der Waals surface area contributed by atoms with Crippen molar-refractivity contribution >= 4 is 22.5 Å². The fourth-order valence-electron chi connectivity index (χ4n) is 2.01. The van der Waals surface area contributed by atoms with Gasteiger partial charge in [0.1, 0.15) is 0 Å². The Morgan fingerprint density at radius 2 is 2.06 bits per heavy atom. The van der Waals surface area contributed by atoms with Crippen LogP contribution in [0.15, 0.2) is 24.3 Å². The predicted octanol–water partition coefficient (Wildman–Crippen LogP) is 2.88. The van der Waals surface area contributed by atoms with Crippen LogP contribution in [0.4, 0.5) is 0 Å². The van der Waals surface area contributed by atoms with Crippen LogP contribution in [-0.4, -0.2) is 17.2 Å². The maximum Gasteiger partial charge on any atom is 0.213 e. The van der Waals surface area contributed by atoms with E-state index in [2.05, 4.69) is 4.98 Å². The van der Waals surface area contributed by atoms with Gasteiger partial charge < -0.3 is 9.84 Å². The number of pyridine rings is 1. The lowest BCUT2D eigenvalue weighted by Gasteiger charge is -2.12. The molecule has 0 spiro atoms. The topological polar surface area (TPSA) is 42.4 Å². The van der Waals surface area contributed by atoms with Gasteiger partial charge in [-0.25, -0.2) is 4.98 Å². The van der Waals surface area contributed by atoms with Gasteiger partial charge in [0.15, 0.2) is 0 Å². The lowest BCUT2D eigenvalue weighted by molar-refractivity contribution is 0.152. The predicted molar refractivity (Wildman–Crippen MR) is 66.4 cm³/mol. The summed E-state index contributed by atoms with van der Waals surface area (Å²) in [4.78, 5) is 4.31. The first-order valence-electron chi connectivity index (χ1n) is 5.50. The van der Waals surface area contributed by atoms with Crippen LogP contribution in [0.2, 0.25) is 5.02 Å². The molecule has 1 aliphatic rings. The molecule has 0 aliphatic heterocycles. The van der Waals surface area contributed by atoms with Crippen LogP contribution < -0.4 is 4.74 Å². The van der Waals surface area contributed by atoms with E-state index in [9.17, 15) is 5.11 Å². The summed E-state index contributed by atoms with van der Waals surface area (Å²) in [5, 5.41) is 11.6. The van der Waals surface area contributed by atoms with E-state index in [0.717, 1.165) is 29.3 Å². The minimum Gasteiger partial charge on any atom is -0.481 e. The van der Waals surface area contributed by atoms with Gasteiger partial charge in [-0.3, -0.25) is 0 Å². The fourth-order valence-corrected chi connectivity index (χ4v) is 2.41. The maximum atomic E-state index is 10.1. The molecule has 0 saturated heterocycles. The summed E-state index contributed by atoms with van der Waals surface area (Å²) in [5.74, 6) is 0.562. The number of hydrogen-bond acceptors (Lipinski definition) is 3. The Bertz CT molecular complexity index is 593. The number of methoxy groups -OCH3 is 1. The molecule has 88 valence electrons. The number of hydrogen-bond donors (Lipinski definition) is 1. The summed E-state index contributed by atoms with van der Waals surface area (Å²) < 4.78 is 5.07. The molecule has 0 radical (unpaired) electrons. The number of nitrogens with zero attached hydrogens (tertiary/aromatic N) is 1. The Labute approximate surface area is 104 Å². The molecule has 2 aromatic rings. The minimum absolute atomic E-state index is 0.562. The fraction of sp³-hybridized carbons (Fsp3) is 0.308. The lowest BCUT2D eigenvalue weighted by atomic mass is 10.0. The van der Waals surface area contributed by atoms with Gasteiger partial charge in [0.2, 0.25) is 5.88 Å². The smallest absolute Gasteiger partial charge is 0.213 e. The monoisotopic (exact) mass is 249 g/mol. The van der Waals surface area contributed by atoms with Crippen LogP contribution in [0.25, 0.3) is 10.9 Å². The quantitative estimate of drug-likeness (QED) is 0.890. The summed E-state index contributed by atoms with van der Waals surface area (Å²) >= 11 is 6.32. The van der Waals surface area contributed by atoms with Gasteiger partial charge in [-0.05, 0) is 25.0 Å². The molecule has 0 bridgehead atoms. The molecular weight excluding hydrogens is 238 g/mol. The van der Waals surface area contributed by atoms with Gasteiger partial charge in [0.05, 0.1) is 23.3 Å². The van der Waals surface area contributed by atoms with Crippen LogP contribution in [0, 0.1) is 0 Å². The zero-order chi connectivity index (χ0) is 12.0. The van der Waals surface area contributed by atoms with Gasteiger partial charge >= 0.3 is 0 Å². The molecule has 1 aromatic carbocycles. The highest BCUT2D eigenvalue weighted by Crippen LogP contribution is 2.49. The maximum absolute atomic E-state index is 10.1. The molecule has 3 rings (SSSR count). The molecule has 4 heteroatoms. The van der Waals surface area contributed by atoms with Crippen molar-refractivity contribution in [1.29, 1.82) is 0 Å². The van der Waals surface area contributed by atoms with Crippen LogP contribution in [-0.2, 0) is 5.60 Å². The van der Waals surface area contributed by atoms with Gasteiger partial charge in [-0.15, -0.1) is 0 Å². The van der Waals surface area contributed by atoms with E-state index >= 15 is 0 Å². The number of halogens is 1. The first-order valence-corrected chi connectivity index (χ1v) is 5.88. The summed E-state index contributed by atoms with van der Waals surface area (Å²) in [6.45, 7) is 0. The Morgan fingerprint density at radius 1 is 1.29 bits per heavy atom. The average Bonchev–Trinajstić information content (AvgIpc) is 3.08. The van der Waals surface area contributed by atoms with Gasteiger partial charge in [0, 0.05) is 17.0 Å². The van der Waals surface area contributed by atoms with Crippen molar-refractivity contribution in [3.63, 3.8) is 0 Å². The van der Waals surface area contributed by atoms with Crippen molar-refractivity contribution in [2.45, 2.75) is 18.4 Å². The third-order valence-electron chi connectivity index (χ3n) is 3.21. The SMILES string of the molecule is COc1ccc2c(Cl)c(C3(O)CC3)ccc2n1. The van der Waals surface area contributed by atoms with E-state index in [4.69, 9.17) is 16.3 Å². The molecule has 1 saturated carbocycles. The minimum atomic E-state index is -0.717. The Balaban J connectivity index is 2.21. The van der Waals surface area contributed by atoms with Crippen LogP contribution >= 0.6 is 11.6 Å². The van der Waals surface area contributed by atoms with Crippen molar-refractivity contribution in [3.8, 4) is 5.88 Å². The second-order valence-corrected chi connectivity index (χ2v) is 4.76. The van der Waals surface area contributed by atoms with Crippen LogP contribution in [0.5, 0.6) is 5.88 Å². The van der Waals surface area contributed by atoms with Gasteiger partial charge in [-0.1, -0.05) is 17.7 Å². The highest BCUT2D eigenvalue weighted by atomic mass is 35.5. The van der Waals surface area contributed by atoms with E-state index in [0.29, 0.717) is 10.9 Å². The molecule has 0 amide bonds. The number of fused-ring (bicyclic) bond motifs is 1. The molecule has 3 nitrogen and oxygen atoms in total. The van der Waals surface area contributed by atoms with Crippen molar-refractivity contribution in [3.05, 3.63) is 34.9 Å². The largest absolute Gasteiger partial charge is 0.481 e. The van der Waals surface area contributed by atoms with Crippen LogP contribution in [0.1, 0.15) is 18.4 Å². The Morgan fingerprint density at radius 3 is 2.71 bits per heavy atom. The normalized spacial score (nSPS) is 17.1. The van der Waals surface area contributed by atoms with Crippen molar-refractivity contribution in [2.24, 2.45) is 0 Å². The standard InChI is InChI=1S/C13H12ClNO2/c1-17-11-5-2-8-10(15-11)4-3-9(12(8)14)13(16)6-7-13/h2-5,16H,6-7H2,1H3. The second-order valence-electron chi connectivity index (χ2n) is 4.38. The lowest BCUT2D eigenvalue weighted by Crippen LogP contribution is -2.05. The Kier molecular flexibility index (Phi) is 2.28. The third-order valence-corrected chi connectivity index (χ3v) is 3.62. The molecule has 0 atom stereocenters. The van der Waals surface area contributed by atoms with Crippen molar-refractivity contribution < 1.29 is 9.84 Å². The number of rotatable bonds is 2. The molecule has 1 fully saturated rings. The first-order chi connectivity index (χ1) is 8.14. The number of aromatic nitrogens is 1. The van der Waals surface area contributed by atoms with E-state index in [-0.39, 0.29) is 0 Å². The molecule has 0 unspecified atom stereocenters. The average molecular weight is 250 g/mol. The number of benzene rings is 1. The number of aliphatic hydroxyl groups is 1. The first kappa shape index (κ1) is 10.8. The van der Waals surface area contributed by atoms with Crippen molar-refractivity contribution in [2.75, 3.05) is 7.11 Å². The van der Waals surface area contributed by atoms with Crippen molar-refractivity contribution in [1.82, 2.24) is 4.98 Å². The zero-order valence-corrected chi connectivity index (χ0v) is 10.2. The third kappa shape index (κ3) is 1.66. The summed E-state index contributed by atoms with van der Waals surface area (Å²) in [7, 11) is 1.58. The van der Waals surface area contributed by atoms with E-state index in [1.54, 1.807) is 13.2 Å². The molecule has 1 aromatic heterocycles. The highest BCUT2D eigenvalue weighted by molar-refractivity contribution is 6.36. The molecular formula is C13H12ClNO2. The second kappa shape index (κ2) is 3.59. The molecule has 1 heterocycles. The van der Waals surface area contributed by atoms with E-state index in [1.165, 1.54) is 0 Å². The van der Waals surface area contributed by atoms with Gasteiger partial charge in [-0.2, -0.15) is 0 Å². The summed E-state index contributed by atoms with van der Waals surface area (Å²) in [6, 6.07) is 7.37. The molecule has 1 aliphatic carbocycles.